The van der Waals surface area contributed by atoms with Crippen LogP contribution in [-0.2, 0) is 9.59 Å². The minimum Gasteiger partial charge on any atom is -0.481 e. The van der Waals surface area contributed by atoms with Crippen molar-refractivity contribution in [2.75, 3.05) is 5.32 Å². The molecule has 0 aliphatic heterocycles. The van der Waals surface area contributed by atoms with Crippen LogP contribution in [0.1, 0.15) is 36.0 Å². The summed E-state index contributed by atoms with van der Waals surface area (Å²) in [6, 6.07) is 4.18. The van der Waals surface area contributed by atoms with Crippen molar-refractivity contribution in [1.82, 2.24) is 0 Å². The number of rotatable bonds is 7. The van der Waals surface area contributed by atoms with Crippen molar-refractivity contribution in [2.24, 2.45) is 0 Å². The number of carbonyl (C=O) groups excluding carboxylic acids is 1. The van der Waals surface area contributed by atoms with E-state index in [4.69, 9.17) is 21.8 Å². The molecule has 0 saturated carbocycles. The van der Waals surface area contributed by atoms with Crippen molar-refractivity contribution in [3.8, 4) is 0 Å². The van der Waals surface area contributed by atoms with Crippen LogP contribution in [0.15, 0.2) is 18.2 Å². The van der Waals surface area contributed by atoms with Crippen molar-refractivity contribution in [1.29, 1.82) is 0 Å². The van der Waals surface area contributed by atoms with Gasteiger partial charge in [0.05, 0.1) is 10.6 Å². The van der Waals surface area contributed by atoms with Crippen LogP contribution in [0.4, 0.5) is 5.69 Å². The van der Waals surface area contributed by atoms with Gasteiger partial charge in [0.15, 0.2) is 0 Å². The summed E-state index contributed by atoms with van der Waals surface area (Å²) in [5.41, 5.74) is 0.255. The van der Waals surface area contributed by atoms with Crippen LogP contribution >= 0.6 is 11.6 Å². The number of unbranched alkanes of at least 4 members (excludes halogenated alkanes) is 1. The summed E-state index contributed by atoms with van der Waals surface area (Å²) >= 11 is 5.71. The molecular weight excluding hydrogens is 286 g/mol. The number of carbonyl (C=O) groups is 3. The van der Waals surface area contributed by atoms with Gasteiger partial charge in [-0.1, -0.05) is 11.6 Å². The van der Waals surface area contributed by atoms with Crippen molar-refractivity contribution in [3.63, 3.8) is 0 Å². The lowest BCUT2D eigenvalue weighted by Crippen LogP contribution is -2.12. The summed E-state index contributed by atoms with van der Waals surface area (Å²) in [5.74, 6) is -2.36. The van der Waals surface area contributed by atoms with Gasteiger partial charge < -0.3 is 15.5 Å². The Morgan fingerprint density at radius 1 is 1.10 bits per heavy atom. The first-order chi connectivity index (χ1) is 9.40. The molecular formula is C13H14ClNO5. The van der Waals surface area contributed by atoms with Crippen molar-refractivity contribution in [3.05, 3.63) is 28.8 Å². The maximum atomic E-state index is 11.6. The fourth-order valence-electron chi connectivity index (χ4n) is 1.55. The van der Waals surface area contributed by atoms with Gasteiger partial charge in [-0.25, -0.2) is 4.79 Å². The maximum absolute atomic E-state index is 11.6. The van der Waals surface area contributed by atoms with Gasteiger partial charge in [-0.15, -0.1) is 0 Å². The Bertz CT molecular complexity index is 529. The quantitative estimate of drug-likeness (QED) is 0.671. The summed E-state index contributed by atoms with van der Waals surface area (Å²) in [6.07, 6.45) is 1.08. The predicted molar refractivity (Wildman–Crippen MR) is 73.1 cm³/mol. The standard InChI is InChI=1S/C13H14ClNO5/c14-10-6-5-8(7-9(10)13(19)20)15-11(16)3-1-2-4-12(17)18/h5-7H,1-4H2,(H,15,16)(H,17,18)(H,19,20). The van der Waals surface area contributed by atoms with Crippen LogP contribution in [0.3, 0.4) is 0 Å². The van der Waals surface area contributed by atoms with Gasteiger partial charge in [-0.2, -0.15) is 0 Å². The number of carboxylic acid groups (broad SMARTS) is 2. The monoisotopic (exact) mass is 299 g/mol. The van der Waals surface area contributed by atoms with E-state index in [1.807, 2.05) is 0 Å². The molecule has 3 N–H and O–H groups in total. The zero-order valence-electron chi connectivity index (χ0n) is 10.6. The van der Waals surface area contributed by atoms with Crippen molar-refractivity contribution >= 4 is 35.1 Å². The van der Waals surface area contributed by atoms with Crippen molar-refractivity contribution in [2.45, 2.75) is 25.7 Å². The van der Waals surface area contributed by atoms with Gasteiger partial charge >= 0.3 is 11.9 Å². The van der Waals surface area contributed by atoms with Crippen LogP contribution in [-0.4, -0.2) is 28.1 Å². The molecule has 1 aromatic rings. The van der Waals surface area contributed by atoms with Gasteiger partial charge in [0.25, 0.3) is 0 Å². The van der Waals surface area contributed by atoms with Gasteiger partial charge in [-0.3, -0.25) is 9.59 Å². The summed E-state index contributed by atoms with van der Waals surface area (Å²) < 4.78 is 0. The minimum absolute atomic E-state index is 0.0252. The third kappa shape index (κ3) is 5.27. The highest BCUT2D eigenvalue weighted by Crippen LogP contribution is 2.20. The van der Waals surface area contributed by atoms with Gasteiger partial charge in [0.2, 0.25) is 5.91 Å². The molecule has 0 fully saturated rings. The topological polar surface area (TPSA) is 104 Å². The van der Waals surface area contributed by atoms with E-state index < -0.39 is 11.9 Å². The number of aliphatic carboxylic acids is 1. The maximum Gasteiger partial charge on any atom is 0.337 e. The second kappa shape index (κ2) is 7.49. The van der Waals surface area contributed by atoms with Crippen molar-refractivity contribution < 1.29 is 24.6 Å². The van der Waals surface area contributed by atoms with Gasteiger partial charge in [0.1, 0.15) is 0 Å². The van der Waals surface area contributed by atoms with E-state index in [0.29, 0.717) is 18.5 Å². The summed E-state index contributed by atoms with van der Waals surface area (Å²) in [5, 5.41) is 20.0. The first-order valence-corrected chi connectivity index (χ1v) is 6.32. The number of halogens is 1. The number of anilines is 1. The molecule has 0 aliphatic rings. The Hall–Kier alpha value is -2.08. The molecule has 0 aliphatic carbocycles. The molecule has 108 valence electrons. The van der Waals surface area contributed by atoms with Gasteiger partial charge in [0, 0.05) is 18.5 Å². The van der Waals surface area contributed by atoms with E-state index in [-0.39, 0.29) is 29.3 Å². The lowest BCUT2D eigenvalue weighted by molar-refractivity contribution is -0.137. The number of hydrogen-bond donors (Lipinski definition) is 3. The summed E-state index contributed by atoms with van der Waals surface area (Å²) in [7, 11) is 0. The van der Waals surface area contributed by atoms with Crippen LogP contribution < -0.4 is 5.32 Å². The zero-order chi connectivity index (χ0) is 15.1. The Morgan fingerprint density at radius 2 is 1.75 bits per heavy atom. The molecule has 0 unspecified atom stereocenters. The van der Waals surface area contributed by atoms with Crippen LogP contribution in [0.25, 0.3) is 0 Å². The number of benzene rings is 1. The third-order valence-corrected chi connectivity index (χ3v) is 2.85. The Morgan fingerprint density at radius 3 is 2.35 bits per heavy atom. The molecule has 0 radical (unpaired) electrons. The molecule has 0 aromatic heterocycles. The number of nitrogens with one attached hydrogen (secondary N) is 1. The van der Waals surface area contributed by atoms with E-state index in [2.05, 4.69) is 5.32 Å². The summed E-state index contributed by atoms with van der Waals surface area (Å²) in [6.45, 7) is 0. The van der Waals surface area contributed by atoms with E-state index in [9.17, 15) is 14.4 Å². The third-order valence-electron chi connectivity index (χ3n) is 2.53. The first-order valence-electron chi connectivity index (χ1n) is 5.94. The molecule has 0 bridgehead atoms. The molecule has 0 saturated heterocycles. The largest absolute Gasteiger partial charge is 0.481 e. The minimum atomic E-state index is -1.17. The lowest BCUT2D eigenvalue weighted by Gasteiger charge is -2.07. The predicted octanol–water partition coefficient (Wildman–Crippen LogP) is 2.62. The molecule has 7 heteroatoms. The highest BCUT2D eigenvalue weighted by Gasteiger charge is 2.10. The molecule has 0 atom stereocenters. The zero-order valence-corrected chi connectivity index (χ0v) is 11.3. The average molecular weight is 300 g/mol. The summed E-state index contributed by atoms with van der Waals surface area (Å²) in [4.78, 5) is 32.8. The smallest absolute Gasteiger partial charge is 0.337 e. The average Bonchev–Trinajstić information content (AvgIpc) is 2.36. The number of aromatic carboxylic acids is 1. The van der Waals surface area contributed by atoms with Crippen LogP contribution in [0, 0.1) is 0 Å². The lowest BCUT2D eigenvalue weighted by atomic mass is 10.1. The molecule has 20 heavy (non-hydrogen) atoms. The molecule has 1 aromatic carbocycles. The Balaban J connectivity index is 2.52. The van der Waals surface area contributed by atoms with E-state index in [0.717, 1.165) is 0 Å². The fraction of sp³-hybridized carbons (Fsp3) is 0.308. The Labute approximate surface area is 120 Å². The highest BCUT2D eigenvalue weighted by atomic mass is 35.5. The van der Waals surface area contributed by atoms with E-state index >= 15 is 0 Å². The normalized spacial score (nSPS) is 10.1. The Kier molecular flexibility index (Phi) is 5.99. The van der Waals surface area contributed by atoms with Crippen LogP contribution in [0.2, 0.25) is 5.02 Å². The highest BCUT2D eigenvalue weighted by molar-refractivity contribution is 6.33. The van der Waals surface area contributed by atoms with Gasteiger partial charge in [-0.05, 0) is 31.0 Å². The molecule has 6 nitrogen and oxygen atoms in total. The number of carboxylic acids is 2. The van der Waals surface area contributed by atoms with E-state index in [1.54, 1.807) is 0 Å². The fourth-order valence-corrected chi connectivity index (χ4v) is 1.75. The molecule has 1 amide bonds. The molecule has 0 spiro atoms. The number of amides is 1. The number of hydrogen-bond acceptors (Lipinski definition) is 3. The SMILES string of the molecule is O=C(O)CCCCC(=O)Nc1ccc(Cl)c(C(=O)O)c1. The van der Waals surface area contributed by atoms with E-state index in [1.165, 1.54) is 18.2 Å². The second-order valence-corrected chi connectivity index (χ2v) is 4.56. The molecule has 0 heterocycles. The van der Waals surface area contributed by atoms with Crippen LogP contribution in [0.5, 0.6) is 0 Å². The first kappa shape index (κ1) is 16.0. The molecule has 1 rings (SSSR count). The second-order valence-electron chi connectivity index (χ2n) is 4.15.